The van der Waals surface area contributed by atoms with Crippen LogP contribution in [-0.4, -0.2) is 19.7 Å². The van der Waals surface area contributed by atoms with Crippen LogP contribution in [0.4, 0.5) is 0 Å². The molecule has 82 valence electrons. The highest BCUT2D eigenvalue weighted by molar-refractivity contribution is 7.49. The van der Waals surface area contributed by atoms with Crippen molar-refractivity contribution in [3.05, 3.63) is 10.4 Å². The Hall–Kier alpha value is -2.06. The molecule has 6 bridgehead atoms. The topological polar surface area (TPSA) is 118 Å². The van der Waals surface area contributed by atoms with Gasteiger partial charge in [0.25, 0.3) is 5.56 Å². The van der Waals surface area contributed by atoms with E-state index in [-0.39, 0.29) is 23.2 Å². The number of H-pyrrole nitrogens is 1. The molecule has 0 amide bonds. The summed E-state index contributed by atoms with van der Waals surface area (Å²) in [6, 6.07) is -0.441. The third kappa shape index (κ3) is 0.812. The van der Waals surface area contributed by atoms with Gasteiger partial charge in [-0.1, -0.05) is 0 Å². The fourth-order valence-electron chi connectivity index (χ4n) is 1.43. The molecule has 16 heavy (non-hydrogen) atoms. The molecule has 1 N–H and O–H groups in total. The zero-order valence-electron chi connectivity index (χ0n) is 7.24. The Balaban J connectivity index is 2.26. The van der Waals surface area contributed by atoms with Gasteiger partial charge in [0.15, 0.2) is 11.2 Å². The molecule has 0 spiro atoms. The van der Waals surface area contributed by atoms with Gasteiger partial charge in [0, 0.05) is 0 Å². The van der Waals surface area contributed by atoms with Crippen molar-refractivity contribution in [3.63, 3.8) is 0 Å². The second-order valence-corrected chi connectivity index (χ2v) is 4.40. The summed E-state index contributed by atoms with van der Waals surface area (Å²) in [5.74, 6) is 0. The molecule has 2 aromatic rings. The molecular weight excluding hydrogens is 243 g/mol. The van der Waals surface area contributed by atoms with E-state index in [4.69, 9.17) is 9.15 Å². The second kappa shape index (κ2) is 2.20. The molecule has 1 unspecified atom stereocenters. The molecule has 6 rings (SSSR count). The Labute approximate surface area is 85.2 Å². The first kappa shape index (κ1) is 8.13. The maximum Gasteiger partial charge on any atom is 0.647 e. The van der Waals surface area contributed by atoms with E-state index in [1.54, 1.807) is 0 Å². The van der Waals surface area contributed by atoms with Gasteiger partial charge < -0.3 is 4.52 Å². The molecule has 2 aromatic heterocycles. The van der Waals surface area contributed by atoms with Gasteiger partial charge in [-0.25, -0.2) is 4.57 Å². The molecule has 6 heterocycles. The number of rotatable bonds is 0. The zero-order chi connectivity index (χ0) is 10.9. The third-order valence-corrected chi connectivity index (χ3v) is 3.02. The Kier molecular flexibility index (Phi) is 1.12. The maximum absolute atomic E-state index is 11.7. The van der Waals surface area contributed by atoms with Crippen molar-refractivity contribution >= 4 is 19.0 Å². The summed E-state index contributed by atoms with van der Waals surface area (Å²) < 4.78 is 26.6. The van der Waals surface area contributed by atoms with Gasteiger partial charge in [-0.2, -0.15) is 9.97 Å². The van der Waals surface area contributed by atoms with Crippen LogP contribution in [0.5, 0.6) is 12.0 Å². The first-order chi connectivity index (χ1) is 7.65. The van der Waals surface area contributed by atoms with Gasteiger partial charge in [-0.15, -0.1) is 4.73 Å². The minimum absolute atomic E-state index is 0.0226. The SMILES string of the molecule is O=c1[nH]c2nc3nc4n(c13)OP(=O)(OO2)O4. The van der Waals surface area contributed by atoms with Crippen molar-refractivity contribution < 1.29 is 23.3 Å². The van der Waals surface area contributed by atoms with Crippen LogP contribution in [-0.2, 0) is 9.24 Å². The number of hydrogen-bond acceptors (Lipinski definition) is 8. The number of nitrogens with one attached hydrogen (secondary N) is 1. The van der Waals surface area contributed by atoms with Gasteiger partial charge in [-0.05, 0) is 4.67 Å². The van der Waals surface area contributed by atoms with Gasteiger partial charge >= 0.3 is 19.8 Å². The summed E-state index contributed by atoms with van der Waals surface area (Å²) >= 11 is 0. The van der Waals surface area contributed by atoms with Crippen LogP contribution in [0.2, 0.25) is 0 Å². The standard InChI is InChI=1S/C5HN4O6P/c10-3-1-2-6-4(8-3)12-15-16(11)13-5(7-2)9(1)14-16/h(H,6,8,10). The molecule has 0 saturated carbocycles. The highest BCUT2D eigenvalue weighted by Gasteiger charge is 2.46. The van der Waals surface area contributed by atoms with Crippen molar-refractivity contribution in [2.24, 2.45) is 0 Å². The molecule has 10 nitrogen and oxygen atoms in total. The monoisotopic (exact) mass is 244 g/mol. The fourth-order valence-corrected chi connectivity index (χ4v) is 2.35. The Morgan fingerprint density at radius 2 is 2.25 bits per heavy atom. The summed E-state index contributed by atoms with van der Waals surface area (Å²) in [6.45, 7) is 0. The normalized spacial score (nSPS) is 25.0. The number of hydrogen-bond donors (Lipinski definition) is 1. The minimum Gasteiger partial charge on any atom is -0.355 e. The van der Waals surface area contributed by atoms with Crippen molar-refractivity contribution in [3.8, 4) is 12.0 Å². The van der Waals surface area contributed by atoms with E-state index in [0.717, 1.165) is 4.73 Å². The molecule has 0 fully saturated rings. The average Bonchev–Trinajstić information content (AvgIpc) is 2.71. The van der Waals surface area contributed by atoms with Crippen LogP contribution in [0.25, 0.3) is 11.2 Å². The molecule has 11 heteroatoms. The van der Waals surface area contributed by atoms with E-state index in [0.29, 0.717) is 0 Å². The van der Waals surface area contributed by atoms with E-state index < -0.39 is 13.4 Å². The van der Waals surface area contributed by atoms with Crippen LogP contribution in [0, 0.1) is 0 Å². The van der Waals surface area contributed by atoms with Crippen molar-refractivity contribution in [1.29, 1.82) is 0 Å². The largest absolute Gasteiger partial charge is 0.647 e. The number of nitrogens with zero attached hydrogens (tertiary/aromatic N) is 3. The molecular formula is C5HN4O6P. The lowest BCUT2D eigenvalue weighted by Crippen LogP contribution is -2.12. The van der Waals surface area contributed by atoms with E-state index in [1.807, 2.05) is 0 Å². The van der Waals surface area contributed by atoms with Crippen molar-refractivity contribution in [2.75, 3.05) is 0 Å². The van der Waals surface area contributed by atoms with Crippen LogP contribution in [0.3, 0.4) is 0 Å². The lowest BCUT2D eigenvalue weighted by molar-refractivity contribution is -0.127. The van der Waals surface area contributed by atoms with Crippen molar-refractivity contribution in [1.82, 2.24) is 19.7 Å². The molecule has 0 radical (unpaired) electrons. The number of aromatic amines is 1. The number of phosphoric acid groups is 1. The molecule has 0 aliphatic carbocycles. The van der Waals surface area contributed by atoms with Gasteiger partial charge in [0.05, 0.1) is 0 Å². The van der Waals surface area contributed by atoms with Gasteiger partial charge in [0.2, 0.25) is 0 Å². The van der Waals surface area contributed by atoms with Gasteiger partial charge in [-0.3, -0.25) is 19.3 Å². The van der Waals surface area contributed by atoms with Crippen LogP contribution >= 0.6 is 7.82 Å². The van der Waals surface area contributed by atoms with E-state index >= 15 is 0 Å². The summed E-state index contributed by atoms with van der Waals surface area (Å²) in [5, 5.41) is 0. The minimum atomic E-state index is -3.93. The first-order valence-electron chi connectivity index (χ1n) is 4.03. The molecule has 4 aliphatic rings. The quantitative estimate of drug-likeness (QED) is 0.480. The number of aromatic nitrogens is 4. The summed E-state index contributed by atoms with van der Waals surface area (Å²) in [7, 11) is -3.93. The van der Waals surface area contributed by atoms with Crippen molar-refractivity contribution in [2.45, 2.75) is 0 Å². The maximum atomic E-state index is 11.7. The van der Waals surface area contributed by atoms with E-state index in [1.165, 1.54) is 0 Å². The van der Waals surface area contributed by atoms with Crippen LogP contribution in [0.1, 0.15) is 0 Å². The lowest BCUT2D eigenvalue weighted by atomic mass is 10.5. The van der Waals surface area contributed by atoms with E-state index in [9.17, 15) is 9.36 Å². The lowest BCUT2D eigenvalue weighted by Gasteiger charge is -2.04. The zero-order valence-corrected chi connectivity index (χ0v) is 8.13. The molecule has 0 aromatic carbocycles. The molecule has 4 aliphatic heterocycles. The predicted octanol–water partition coefficient (Wildman–Crippen LogP) is -0.627. The summed E-state index contributed by atoms with van der Waals surface area (Å²) in [6.07, 6.45) is 0. The average molecular weight is 244 g/mol. The Bertz CT molecular complexity index is 732. The Morgan fingerprint density at radius 3 is 3.12 bits per heavy atom. The predicted molar refractivity (Wildman–Crippen MR) is 44.7 cm³/mol. The second-order valence-electron chi connectivity index (χ2n) is 3.01. The van der Waals surface area contributed by atoms with Crippen LogP contribution < -0.4 is 19.6 Å². The van der Waals surface area contributed by atoms with Crippen LogP contribution in [0.15, 0.2) is 4.79 Å². The fraction of sp³-hybridized carbons (Fsp3) is 0. The summed E-state index contributed by atoms with van der Waals surface area (Å²) in [4.78, 5) is 26.0. The highest BCUT2D eigenvalue weighted by Crippen LogP contribution is 2.52. The third-order valence-electron chi connectivity index (χ3n) is 2.02. The van der Waals surface area contributed by atoms with E-state index in [2.05, 4.69) is 24.5 Å². The number of fused-ring (bicyclic) bond motifs is 1. The Morgan fingerprint density at radius 1 is 1.38 bits per heavy atom. The molecule has 1 atom stereocenters. The summed E-state index contributed by atoms with van der Waals surface area (Å²) in [5.41, 5.74) is -0.544. The highest BCUT2D eigenvalue weighted by atomic mass is 31.2. The number of imidazole rings is 1. The first-order valence-corrected chi connectivity index (χ1v) is 5.49. The smallest absolute Gasteiger partial charge is 0.355 e. The van der Waals surface area contributed by atoms with Gasteiger partial charge in [0.1, 0.15) is 0 Å². The molecule has 0 saturated heterocycles.